The van der Waals surface area contributed by atoms with Crippen LogP contribution < -0.4 is 10.9 Å². The third kappa shape index (κ3) is 4.96. The highest BCUT2D eigenvalue weighted by atomic mass is 16.1. The van der Waals surface area contributed by atoms with E-state index in [4.69, 9.17) is 0 Å². The van der Waals surface area contributed by atoms with Gasteiger partial charge in [0, 0.05) is 21.5 Å². The molecule has 0 amide bonds. The largest absolute Gasteiger partial charge is 0.308 e. The first-order valence-corrected chi connectivity index (χ1v) is 22.7. The summed E-state index contributed by atoms with van der Waals surface area (Å²) in [6.45, 7) is 13.3. The van der Waals surface area contributed by atoms with Gasteiger partial charge in [-0.3, -0.25) is 9.59 Å². The molecule has 2 aromatic heterocycles. The summed E-state index contributed by atoms with van der Waals surface area (Å²) in [6.07, 6.45) is 16.3. The third-order valence-corrected chi connectivity index (χ3v) is 17.1. The number of nitrogens with zero attached hydrogens (tertiary/aromatic N) is 1. The van der Waals surface area contributed by atoms with Crippen LogP contribution in [0.2, 0.25) is 0 Å². The van der Waals surface area contributed by atoms with E-state index in [1.165, 1.54) is 82.6 Å². The molecule has 3 heteroatoms. The summed E-state index contributed by atoms with van der Waals surface area (Å²) in [5.41, 5.74) is 10.7. The van der Waals surface area contributed by atoms with E-state index in [0.717, 1.165) is 79.5 Å². The third-order valence-electron chi connectivity index (χ3n) is 17.1. The first kappa shape index (κ1) is 35.0. The first-order chi connectivity index (χ1) is 27.2. The fourth-order valence-corrected chi connectivity index (χ4v) is 15.4. The van der Waals surface area contributed by atoms with Crippen molar-refractivity contribution < 1.29 is 0 Å². The second kappa shape index (κ2) is 11.4. The maximum atomic E-state index is 15.3. The van der Waals surface area contributed by atoms with Gasteiger partial charge in [0.05, 0.1) is 16.6 Å². The maximum Gasteiger partial charge on any atom is 0.197 e. The molecule has 0 saturated heterocycles. The molecular weight excluding hydrogens is 695 g/mol. The predicted molar refractivity (Wildman–Crippen MR) is 236 cm³/mol. The van der Waals surface area contributed by atoms with Crippen molar-refractivity contribution in [3.8, 4) is 11.1 Å². The SMILES string of the molecule is CC(C)(C)c1ccc2c(c1)c(=O)c1cc(-c3c(C45CC6CC(CC(C6)C4)C5)cccc3C34CC5CC(CC(C5)C3)C4)cc3c(=O)c4cc(C(C)(C)C)ccc4n2c13. The molecule has 57 heavy (non-hydrogen) atoms. The topological polar surface area (TPSA) is 38.5 Å². The lowest BCUT2D eigenvalue weighted by Crippen LogP contribution is -2.50. The van der Waals surface area contributed by atoms with Crippen LogP contribution in [0.25, 0.3) is 49.2 Å². The van der Waals surface area contributed by atoms with E-state index in [0.29, 0.717) is 10.8 Å². The van der Waals surface area contributed by atoms with Gasteiger partial charge in [-0.15, -0.1) is 0 Å². The number of hydrogen-bond donors (Lipinski definition) is 0. The zero-order chi connectivity index (χ0) is 39.0. The normalized spacial score (nSPS) is 31.8. The van der Waals surface area contributed by atoms with Gasteiger partial charge >= 0.3 is 0 Å². The number of pyridine rings is 2. The van der Waals surface area contributed by atoms with Crippen molar-refractivity contribution in [1.29, 1.82) is 0 Å². The van der Waals surface area contributed by atoms with Gasteiger partial charge in [0.15, 0.2) is 10.9 Å². The molecule has 8 fully saturated rings. The Bertz CT molecular complexity index is 2570. The second-order valence-corrected chi connectivity index (χ2v) is 23.0. The molecule has 8 saturated carbocycles. The van der Waals surface area contributed by atoms with Crippen LogP contribution in [-0.4, -0.2) is 4.40 Å². The van der Waals surface area contributed by atoms with Crippen molar-refractivity contribution in [3.63, 3.8) is 0 Å². The summed E-state index contributed by atoms with van der Waals surface area (Å²) in [5.74, 6) is 4.98. The Morgan fingerprint density at radius 2 is 0.860 bits per heavy atom. The van der Waals surface area contributed by atoms with Gasteiger partial charge in [-0.1, -0.05) is 71.9 Å². The Morgan fingerprint density at radius 1 is 0.491 bits per heavy atom. The summed E-state index contributed by atoms with van der Waals surface area (Å²) in [5, 5.41) is 2.87. The van der Waals surface area contributed by atoms with Crippen LogP contribution in [0.5, 0.6) is 0 Å². The molecule has 0 radical (unpaired) electrons. The standard InChI is InChI=1S/C54H59NO2/c1-51(2,3)37-10-12-45-39(22-37)49(56)41-20-36(21-42-48(41)55(45)46-13-11-38(52(4,5)6)23-40(46)50(42)57)47-43(53-24-30-14-31(25-53)16-32(15-30)26-53)8-7-9-44(47)54-27-33-17-34(28-54)19-35(18-33)29-54/h7-13,20-23,30-35H,14-19,24-29H2,1-6H3. The summed E-state index contributed by atoms with van der Waals surface area (Å²) in [7, 11) is 0. The lowest BCUT2D eigenvalue weighted by molar-refractivity contribution is -0.00783. The van der Waals surface area contributed by atoms with E-state index in [2.05, 4.69) is 113 Å². The smallest absolute Gasteiger partial charge is 0.197 e. The van der Waals surface area contributed by atoms with Gasteiger partial charge in [0.1, 0.15) is 0 Å². The van der Waals surface area contributed by atoms with E-state index in [-0.39, 0.29) is 32.5 Å². The molecule has 3 nitrogen and oxygen atoms in total. The van der Waals surface area contributed by atoms with Crippen molar-refractivity contribution in [1.82, 2.24) is 4.40 Å². The van der Waals surface area contributed by atoms with Crippen LogP contribution in [0.1, 0.15) is 141 Å². The van der Waals surface area contributed by atoms with Gasteiger partial charge in [-0.05, 0) is 204 Å². The highest BCUT2D eigenvalue weighted by Gasteiger charge is 2.55. The molecule has 292 valence electrons. The molecule has 6 aromatic rings. The summed E-state index contributed by atoms with van der Waals surface area (Å²) in [6, 6.07) is 24.9. The molecule has 0 N–H and O–H groups in total. The molecule has 0 aliphatic heterocycles. The monoisotopic (exact) mass is 753 g/mol. The number of rotatable bonds is 3. The van der Waals surface area contributed by atoms with Crippen LogP contribution in [0.3, 0.4) is 0 Å². The van der Waals surface area contributed by atoms with Gasteiger partial charge in [-0.25, -0.2) is 0 Å². The molecule has 4 aromatic carbocycles. The fraction of sp³-hybridized carbons (Fsp3) is 0.519. The average Bonchev–Trinajstić information content (AvgIpc) is 3.15. The molecule has 0 atom stereocenters. The Morgan fingerprint density at radius 3 is 1.21 bits per heavy atom. The van der Waals surface area contributed by atoms with Gasteiger partial charge < -0.3 is 4.40 Å². The molecule has 0 unspecified atom stereocenters. The Kier molecular flexibility index (Phi) is 7.00. The highest BCUT2D eigenvalue weighted by Crippen LogP contribution is 2.65. The molecule has 8 aliphatic carbocycles. The fourth-order valence-electron chi connectivity index (χ4n) is 15.4. The number of aromatic nitrogens is 1. The Labute approximate surface area is 337 Å². The Hall–Kier alpha value is -3.98. The predicted octanol–water partition coefficient (Wildman–Crippen LogP) is 12.8. The zero-order valence-corrected chi connectivity index (χ0v) is 35.1. The van der Waals surface area contributed by atoms with Crippen LogP contribution in [0.15, 0.2) is 76.3 Å². The molecule has 14 rings (SSSR count). The van der Waals surface area contributed by atoms with Crippen molar-refractivity contribution in [2.75, 3.05) is 0 Å². The van der Waals surface area contributed by atoms with E-state index in [1.54, 1.807) is 11.1 Å². The van der Waals surface area contributed by atoms with Crippen LogP contribution >= 0.6 is 0 Å². The Balaban J connectivity index is 1.21. The highest BCUT2D eigenvalue weighted by molar-refractivity contribution is 6.10. The lowest BCUT2D eigenvalue weighted by Gasteiger charge is -2.59. The van der Waals surface area contributed by atoms with Gasteiger partial charge in [-0.2, -0.15) is 0 Å². The van der Waals surface area contributed by atoms with Crippen LogP contribution in [-0.2, 0) is 21.7 Å². The molecule has 0 spiro atoms. The van der Waals surface area contributed by atoms with E-state index in [9.17, 15) is 0 Å². The second-order valence-electron chi connectivity index (χ2n) is 23.0. The van der Waals surface area contributed by atoms with Crippen LogP contribution in [0.4, 0.5) is 0 Å². The number of benzene rings is 4. The number of fused-ring (bicyclic) bond motifs is 4. The first-order valence-electron chi connectivity index (χ1n) is 22.7. The van der Waals surface area contributed by atoms with E-state index >= 15 is 9.59 Å². The maximum absolute atomic E-state index is 15.3. The minimum absolute atomic E-state index is 0.0525. The summed E-state index contributed by atoms with van der Waals surface area (Å²) >= 11 is 0. The van der Waals surface area contributed by atoms with E-state index < -0.39 is 0 Å². The van der Waals surface area contributed by atoms with Crippen LogP contribution in [0, 0.1) is 35.5 Å². The molecule has 8 aliphatic rings. The van der Waals surface area contributed by atoms with Gasteiger partial charge in [0.2, 0.25) is 0 Å². The van der Waals surface area contributed by atoms with Gasteiger partial charge in [0.25, 0.3) is 0 Å². The van der Waals surface area contributed by atoms with Crippen molar-refractivity contribution in [3.05, 3.63) is 109 Å². The van der Waals surface area contributed by atoms with Crippen molar-refractivity contribution in [2.45, 2.75) is 140 Å². The average molecular weight is 754 g/mol. The van der Waals surface area contributed by atoms with Crippen molar-refractivity contribution in [2.24, 2.45) is 35.5 Å². The van der Waals surface area contributed by atoms with E-state index in [1.807, 2.05) is 0 Å². The minimum Gasteiger partial charge on any atom is -0.308 e. The molecule has 2 heterocycles. The van der Waals surface area contributed by atoms with Crippen molar-refractivity contribution >= 4 is 38.1 Å². The number of hydrogen-bond acceptors (Lipinski definition) is 2. The summed E-state index contributed by atoms with van der Waals surface area (Å²) in [4.78, 5) is 30.6. The zero-order valence-electron chi connectivity index (χ0n) is 35.1. The summed E-state index contributed by atoms with van der Waals surface area (Å²) < 4.78 is 2.27. The quantitative estimate of drug-likeness (QED) is 0.133. The molecule has 8 bridgehead atoms. The minimum atomic E-state index is -0.108. The lowest BCUT2D eigenvalue weighted by atomic mass is 9.45. The molecular formula is C54H59NO2.